The van der Waals surface area contributed by atoms with Gasteiger partial charge in [-0.25, -0.2) is 4.98 Å². The van der Waals surface area contributed by atoms with Gasteiger partial charge in [-0.05, 0) is 24.6 Å². The Kier molecular flexibility index (Phi) is 4.69. The molecule has 0 saturated heterocycles. The van der Waals surface area contributed by atoms with E-state index in [-0.39, 0.29) is 17.5 Å². The van der Waals surface area contributed by atoms with Crippen molar-refractivity contribution in [3.8, 4) is 0 Å². The number of halogens is 1. The molecule has 0 radical (unpaired) electrons. The number of hydrogen-bond acceptors (Lipinski definition) is 6. The highest BCUT2D eigenvalue weighted by Gasteiger charge is 2.19. The van der Waals surface area contributed by atoms with Crippen LogP contribution in [0.2, 0.25) is 0 Å². The van der Waals surface area contributed by atoms with Crippen LogP contribution in [-0.2, 0) is 0 Å². The molecule has 1 unspecified atom stereocenters. The molecule has 8 heteroatoms. The second kappa shape index (κ2) is 6.49. The zero-order valence-electron chi connectivity index (χ0n) is 11.5. The lowest BCUT2D eigenvalue weighted by Crippen LogP contribution is -2.11. The highest BCUT2D eigenvalue weighted by molar-refractivity contribution is 9.10. The molecule has 2 N–H and O–H groups in total. The summed E-state index contributed by atoms with van der Waals surface area (Å²) in [6.45, 7) is 1.91. The summed E-state index contributed by atoms with van der Waals surface area (Å²) in [6, 6.07) is 7.58. The number of hydrogen-bond donors (Lipinski definition) is 2. The van der Waals surface area contributed by atoms with Gasteiger partial charge < -0.3 is 10.6 Å². The Balaban J connectivity index is 2.31. The molecule has 1 atom stereocenters. The molecule has 110 valence electrons. The average molecular weight is 352 g/mol. The fraction of sp³-hybridized carbons (Fsp3) is 0.231. The van der Waals surface area contributed by atoms with Crippen molar-refractivity contribution < 1.29 is 4.92 Å². The quantitative estimate of drug-likeness (QED) is 0.633. The van der Waals surface area contributed by atoms with Gasteiger partial charge in [0.25, 0.3) is 0 Å². The van der Waals surface area contributed by atoms with Crippen LogP contribution in [0.15, 0.2) is 34.9 Å². The van der Waals surface area contributed by atoms with E-state index in [0.717, 1.165) is 10.0 Å². The smallest absolute Gasteiger partial charge is 0.329 e. The van der Waals surface area contributed by atoms with E-state index in [0.29, 0.717) is 5.95 Å². The summed E-state index contributed by atoms with van der Waals surface area (Å²) in [5, 5.41) is 16.9. The lowest BCUT2D eigenvalue weighted by molar-refractivity contribution is -0.384. The normalized spacial score (nSPS) is 11.8. The van der Waals surface area contributed by atoms with Gasteiger partial charge in [0.2, 0.25) is 11.8 Å². The summed E-state index contributed by atoms with van der Waals surface area (Å²) in [7, 11) is 1.66. The van der Waals surface area contributed by atoms with Gasteiger partial charge in [-0.15, -0.1) is 0 Å². The number of nitrogens with zero attached hydrogens (tertiary/aromatic N) is 3. The standard InChI is InChI=1S/C13H14BrN5O2/c1-8(9-4-3-5-10(14)6-9)17-12-11(19(20)21)7-16-13(15-2)18-12/h3-8H,1-2H3,(H2,15,16,17,18). The van der Waals surface area contributed by atoms with Crippen molar-refractivity contribution in [1.82, 2.24) is 9.97 Å². The molecule has 1 aromatic heterocycles. The fourth-order valence-electron chi connectivity index (χ4n) is 1.80. The first-order valence-electron chi connectivity index (χ1n) is 6.22. The molecule has 21 heavy (non-hydrogen) atoms. The SMILES string of the molecule is CNc1ncc([N+](=O)[O-])c(NC(C)c2cccc(Br)c2)n1. The second-order valence-electron chi connectivity index (χ2n) is 4.36. The Morgan fingerprint density at radius 3 is 2.81 bits per heavy atom. The molecule has 0 bridgehead atoms. The monoisotopic (exact) mass is 351 g/mol. The third kappa shape index (κ3) is 3.66. The largest absolute Gasteiger partial charge is 0.358 e. The second-order valence-corrected chi connectivity index (χ2v) is 5.27. The zero-order chi connectivity index (χ0) is 15.4. The lowest BCUT2D eigenvalue weighted by atomic mass is 10.1. The first-order valence-corrected chi connectivity index (χ1v) is 7.01. The van der Waals surface area contributed by atoms with Crippen LogP contribution in [0.4, 0.5) is 17.5 Å². The van der Waals surface area contributed by atoms with Gasteiger partial charge in [0.05, 0.1) is 11.0 Å². The van der Waals surface area contributed by atoms with Crippen molar-refractivity contribution in [3.05, 3.63) is 50.6 Å². The molecular weight excluding hydrogens is 338 g/mol. The van der Waals surface area contributed by atoms with E-state index in [4.69, 9.17) is 0 Å². The number of aromatic nitrogens is 2. The lowest BCUT2D eigenvalue weighted by Gasteiger charge is -2.15. The Morgan fingerprint density at radius 2 is 2.19 bits per heavy atom. The first kappa shape index (κ1) is 15.2. The topological polar surface area (TPSA) is 93.0 Å². The van der Waals surface area contributed by atoms with E-state index in [1.807, 2.05) is 31.2 Å². The molecule has 1 heterocycles. The van der Waals surface area contributed by atoms with E-state index in [9.17, 15) is 10.1 Å². The van der Waals surface area contributed by atoms with Gasteiger partial charge in [-0.1, -0.05) is 28.1 Å². The van der Waals surface area contributed by atoms with E-state index in [1.165, 1.54) is 6.20 Å². The molecule has 0 spiro atoms. The van der Waals surface area contributed by atoms with Crippen LogP contribution in [0.5, 0.6) is 0 Å². The van der Waals surface area contributed by atoms with Crippen LogP contribution in [-0.4, -0.2) is 21.9 Å². The summed E-state index contributed by atoms with van der Waals surface area (Å²) < 4.78 is 0.946. The Morgan fingerprint density at radius 1 is 1.43 bits per heavy atom. The molecule has 2 rings (SSSR count). The summed E-state index contributed by atoms with van der Waals surface area (Å²) in [5.74, 6) is 0.511. The van der Waals surface area contributed by atoms with Crippen molar-refractivity contribution in [1.29, 1.82) is 0 Å². The third-order valence-electron chi connectivity index (χ3n) is 2.89. The Labute approximate surface area is 130 Å². The molecule has 2 aromatic rings. The maximum Gasteiger partial charge on any atom is 0.329 e. The predicted molar refractivity (Wildman–Crippen MR) is 84.4 cm³/mol. The van der Waals surface area contributed by atoms with Crippen LogP contribution >= 0.6 is 15.9 Å². The van der Waals surface area contributed by atoms with Gasteiger partial charge in [0.15, 0.2) is 0 Å². The maximum absolute atomic E-state index is 11.1. The summed E-state index contributed by atoms with van der Waals surface area (Å²) in [5.41, 5.74) is 0.833. The van der Waals surface area contributed by atoms with E-state index < -0.39 is 4.92 Å². The maximum atomic E-state index is 11.1. The number of nitrogens with one attached hydrogen (secondary N) is 2. The summed E-state index contributed by atoms with van der Waals surface area (Å²) in [4.78, 5) is 18.5. The number of nitro groups is 1. The number of anilines is 2. The molecule has 0 saturated carbocycles. The van der Waals surface area contributed by atoms with E-state index in [2.05, 4.69) is 36.5 Å². The fourth-order valence-corrected chi connectivity index (χ4v) is 2.22. The summed E-state index contributed by atoms with van der Waals surface area (Å²) in [6.07, 6.45) is 1.19. The number of benzene rings is 1. The molecule has 1 aromatic carbocycles. The highest BCUT2D eigenvalue weighted by atomic mass is 79.9. The molecular formula is C13H14BrN5O2. The molecule has 7 nitrogen and oxygen atoms in total. The minimum Gasteiger partial charge on any atom is -0.358 e. The van der Waals surface area contributed by atoms with Gasteiger partial charge >= 0.3 is 5.69 Å². The van der Waals surface area contributed by atoms with Gasteiger partial charge in [0, 0.05) is 11.5 Å². The average Bonchev–Trinajstić information content (AvgIpc) is 2.46. The van der Waals surface area contributed by atoms with Crippen LogP contribution in [0.3, 0.4) is 0 Å². The number of rotatable bonds is 5. The summed E-state index contributed by atoms with van der Waals surface area (Å²) >= 11 is 3.40. The first-order chi connectivity index (χ1) is 10.0. The molecule has 0 amide bonds. The highest BCUT2D eigenvalue weighted by Crippen LogP contribution is 2.27. The van der Waals surface area contributed by atoms with Crippen molar-refractivity contribution in [3.63, 3.8) is 0 Å². The minimum atomic E-state index is -0.505. The van der Waals surface area contributed by atoms with Gasteiger partial charge in [-0.3, -0.25) is 10.1 Å². The van der Waals surface area contributed by atoms with E-state index in [1.54, 1.807) is 7.05 Å². The van der Waals surface area contributed by atoms with E-state index >= 15 is 0 Å². The minimum absolute atomic E-state index is 0.138. The van der Waals surface area contributed by atoms with Crippen molar-refractivity contribution >= 4 is 33.4 Å². The molecule has 0 fully saturated rings. The van der Waals surface area contributed by atoms with Crippen LogP contribution in [0, 0.1) is 10.1 Å². The van der Waals surface area contributed by atoms with Crippen LogP contribution < -0.4 is 10.6 Å². The van der Waals surface area contributed by atoms with Gasteiger partial charge in [0.1, 0.15) is 6.20 Å². The molecule has 0 aliphatic carbocycles. The Hall–Kier alpha value is -2.22. The van der Waals surface area contributed by atoms with Crippen molar-refractivity contribution in [2.24, 2.45) is 0 Å². The predicted octanol–water partition coefficient (Wildman–Crippen LogP) is 3.36. The molecule has 0 aliphatic rings. The van der Waals surface area contributed by atoms with Crippen molar-refractivity contribution in [2.75, 3.05) is 17.7 Å². The zero-order valence-corrected chi connectivity index (χ0v) is 13.1. The van der Waals surface area contributed by atoms with Crippen LogP contribution in [0.25, 0.3) is 0 Å². The third-order valence-corrected chi connectivity index (χ3v) is 3.38. The Bertz CT molecular complexity index is 665. The van der Waals surface area contributed by atoms with Crippen LogP contribution in [0.1, 0.15) is 18.5 Å². The molecule has 0 aliphatic heterocycles. The van der Waals surface area contributed by atoms with Gasteiger partial charge in [-0.2, -0.15) is 4.98 Å². The van der Waals surface area contributed by atoms with Crippen molar-refractivity contribution in [2.45, 2.75) is 13.0 Å².